The minimum Gasteiger partial charge on any atom is -0.353 e. The molecule has 1 heterocycles. The lowest BCUT2D eigenvalue weighted by molar-refractivity contribution is -0.165. The monoisotopic (exact) mass is 384 g/mol. The highest BCUT2D eigenvalue weighted by Gasteiger charge is 2.65. The van der Waals surface area contributed by atoms with E-state index in [9.17, 15) is 9.18 Å². The van der Waals surface area contributed by atoms with Crippen molar-refractivity contribution >= 4 is 5.91 Å². The minimum atomic E-state index is -0.296. The van der Waals surface area contributed by atoms with Crippen molar-refractivity contribution < 1.29 is 9.18 Å². The molecule has 3 nitrogen and oxygen atoms in total. The fraction of sp³-hybridized carbons (Fsp3) is 0.708. The molecule has 2 N–H and O–H groups in total. The first-order chi connectivity index (χ1) is 13.6. The molecule has 4 atom stereocenters. The van der Waals surface area contributed by atoms with E-state index in [-0.39, 0.29) is 28.8 Å². The maximum atomic E-state index is 13.7. The molecular weight excluding hydrogens is 351 g/mol. The normalized spacial score (nSPS) is 39.8. The third-order valence-corrected chi connectivity index (χ3v) is 8.35. The molecule has 4 aliphatic carbocycles. The van der Waals surface area contributed by atoms with Gasteiger partial charge in [0.05, 0.1) is 12.1 Å². The van der Waals surface area contributed by atoms with Gasteiger partial charge in [0.15, 0.2) is 0 Å². The van der Waals surface area contributed by atoms with Gasteiger partial charge in [-0.25, -0.2) is 0 Å². The fourth-order valence-electron chi connectivity index (χ4n) is 7.79. The number of alkyl halides is 1. The highest BCUT2D eigenvalue weighted by atomic mass is 19.1. The van der Waals surface area contributed by atoms with Gasteiger partial charge < -0.3 is 10.6 Å². The summed E-state index contributed by atoms with van der Waals surface area (Å²) in [6, 6.07) is 11.1. The molecule has 5 fully saturated rings. The van der Waals surface area contributed by atoms with Crippen molar-refractivity contribution in [3.05, 3.63) is 35.9 Å². The summed E-state index contributed by atoms with van der Waals surface area (Å²) in [5, 5.41) is 6.81. The number of rotatable bonds is 5. The van der Waals surface area contributed by atoms with Crippen LogP contribution in [0.4, 0.5) is 4.39 Å². The number of carbonyl (C=O) groups is 1. The summed E-state index contributed by atoms with van der Waals surface area (Å²) in [5.41, 5.74) is 1.15. The van der Waals surface area contributed by atoms with Gasteiger partial charge in [0.1, 0.15) is 0 Å². The van der Waals surface area contributed by atoms with Crippen LogP contribution < -0.4 is 10.6 Å². The van der Waals surface area contributed by atoms with Gasteiger partial charge in [0.2, 0.25) is 5.91 Å². The molecule has 1 saturated heterocycles. The summed E-state index contributed by atoms with van der Waals surface area (Å²) in [7, 11) is 0. The maximum Gasteiger partial charge on any atom is 0.226 e. The Balaban J connectivity index is 1.49. The van der Waals surface area contributed by atoms with E-state index in [0.29, 0.717) is 18.4 Å². The smallest absolute Gasteiger partial charge is 0.226 e. The van der Waals surface area contributed by atoms with Gasteiger partial charge in [0.25, 0.3) is 0 Å². The lowest BCUT2D eigenvalue weighted by Gasteiger charge is -2.66. The molecule has 4 bridgehead atoms. The summed E-state index contributed by atoms with van der Waals surface area (Å²) in [6.45, 7) is 1.71. The first-order valence-corrected chi connectivity index (χ1v) is 11.2. The molecule has 0 aromatic heterocycles. The number of hydrogen-bond acceptors (Lipinski definition) is 2. The predicted molar refractivity (Wildman–Crippen MR) is 109 cm³/mol. The fourth-order valence-corrected chi connectivity index (χ4v) is 7.79. The minimum absolute atomic E-state index is 0.00939. The first kappa shape index (κ1) is 18.6. The first-order valence-electron chi connectivity index (χ1n) is 11.2. The molecule has 28 heavy (non-hydrogen) atoms. The second-order valence-electron chi connectivity index (χ2n) is 10.4. The van der Waals surface area contributed by atoms with Gasteiger partial charge in [-0.1, -0.05) is 30.3 Å². The average molecular weight is 385 g/mol. The zero-order chi connectivity index (χ0) is 19.2. The third-order valence-electron chi connectivity index (χ3n) is 8.35. The van der Waals surface area contributed by atoms with Crippen molar-refractivity contribution in [2.24, 2.45) is 16.7 Å². The van der Waals surface area contributed by atoms with Gasteiger partial charge in [-0.15, -0.1) is 0 Å². The summed E-state index contributed by atoms with van der Waals surface area (Å²) >= 11 is 0. The van der Waals surface area contributed by atoms with Crippen molar-refractivity contribution in [3.8, 4) is 0 Å². The van der Waals surface area contributed by atoms with Crippen LogP contribution in [0, 0.1) is 16.7 Å². The van der Waals surface area contributed by atoms with Gasteiger partial charge in [-0.05, 0) is 93.2 Å². The lowest BCUT2D eigenvalue weighted by Crippen LogP contribution is -2.63. The Morgan fingerprint density at radius 2 is 1.86 bits per heavy atom. The quantitative estimate of drug-likeness (QED) is 0.802. The number of nitrogens with one attached hydrogen (secondary N) is 2. The van der Waals surface area contributed by atoms with Crippen LogP contribution in [0.5, 0.6) is 0 Å². The van der Waals surface area contributed by atoms with Crippen molar-refractivity contribution in [1.29, 1.82) is 0 Å². The third kappa shape index (κ3) is 2.99. The SMILES string of the molecule is O=C(NC1CCNCC1)C12CC3C[C@@](CCF)(C1)C[C@](c1ccccc1)(C3)C2. The van der Waals surface area contributed by atoms with Gasteiger partial charge in [0, 0.05) is 6.04 Å². The molecule has 1 aromatic carbocycles. The van der Waals surface area contributed by atoms with Crippen LogP contribution in [0.25, 0.3) is 0 Å². The molecule has 0 spiro atoms. The molecule has 1 aromatic rings. The van der Waals surface area contributed by atoms with Crippen molar-refractivity contribution in [3.63, 3.8) is 0 Å². The molecular formula is C24H33FN2O. The number of carbonyl (C=O) groups excluding carboxylic acids is 1. The largest absolute Gasteiger partial charge is 0.353 e. The molecule has 4 heteroatoms. The number of piperidine rings is 1. The summed E-state index contributed by atoms with van der Waals surface area (Å²) in [6.07, 6.45) is 8.87. The summed E-state index contributed by atoms with van der Waals surface area (Å²) < 4.78 is 13.6. The van der Waals surface area contributed by atoms with Crippen LogP contribution in [0.3, 0.4) is 0 Å². The van der Waals surface area contributed by atoms with Crippen LogP contribution in [-0.4, -0.2) is 31.7 Å². The Morgan fingerprint density at radius 3 is 2.61 bits per heavy atom. The molecule has 6 rings (SSSR count). The summed E-state index contributed by atoms with van der Waals surface area (Å²) in [5.74, 6) is 0.828. The van der Waals surface area contributed by atoms with Gasteiger partial charge >= 0.3 is 0 Å². The second kappa shape index (κ2) is 6.83. The van der Waals surface area contributed by atoms with Crippen LogP contribution in [0.1, 0.15) is 63.4 Å². The van der Waals surface area contributed by atoms with E-state index < -0.39 is 0 Å². The molecule has 0 radical (unpaired) electrons. The number of halogens is 1. The molecule has 5 aliphatic rings. The molecule has 152 valence electrons. The van der Waals surface area contributed by atoms with Gasteiger partial charge in [-0.2, -0.15) is 0 Å². The van der Waals surface area contributed by atoms with E-state index in [2.05, 4.69) is 41.0 Å². The molecule has 1 aliphatic heterocycles. The van der Waals surface area contributed by atoms with Crippen molar-refractivity contribution in [2.45, 2.75) is 69.2 Å². The zero-order valence-electron chi connectivity index (χ0n) is 16.8. The second-order valence-corrected chi connectivity index (χ2v) is 10.4. The van der Waals surface area contributed by atoms with Gasteiger partial charge in [-0.3, -0.25) is 9.18 Å². The highest BCUT2D eigenvalue weighted by Crippen LogP contribution is 2.71. The highest BCUT2D eigenvalue weighted by molar-refractivity contribution is 5.84. The van der Waals surface area contributed by atoms with Crippen LogP contribution in [0.15, 0.2) is 30.3 Å². The van der Waals surface area contributed by atoms with E-state index in [1.165, 1.54) is 12.0 Å². The van der Waals surface area contributed by atoms with E-state index in [1.54, 1.807) is 0 Å². The van der Waals surface area contributed by atoms with Crippen LogP contribution in [0.2, 0.25) is 0 Å². The Labute approximate surface area is 167 Å². The molecule has 2 unspecified atom stereocenters. The van der Waals surface area contributed by atoms with E-state index in [0.717, 1.165) is 58.0 Å². The Bertz CT molecular complexity index is 733. The summed E-state index contributed by atoms with van der Waals surface area (Å²) in [4.78, 5) is 13.7. The molecule has 4 saturated carbocycles. The number of benzene rings is 1. The Kier molecular flexibility index (Phi) is 4.53. The molecule has 1 amide bonds. The van der Waals surface area contributed by atoms with Crippen LogP contribution in [-0.2, 0) is 10.2 Å². The maximum absolute atomic E-state index is 13.7. The Morgan fingerprint density at radius 1 is 1.07 bits per heavy atom. The van der Waals surface area contributed by atoms with E-state index >= 15 is 0 Å². The topological polar surface area (TPSA) is 41.1 Å². The average Bonchev–Trinajstić information content (AvgIpc) is 2.68. The Hall–Kier alpha value is -1.42. The van der Waals surface area contributed by atoms with Crippen LogP contribution >= 0.6 is 0 Å². The standard InChI is InChI=1S/C24H33FN2O/c25-9-8-22-12-18-13-23(15-22,19-4-2-1-3-5-19)17-24(14-18,16-22)21(28)27-20-6-10-26-11-7-20/h1-5,18,20,26H,6-17H2,(H,27,28)/t18?,22-,23-,24?/m1/s1. The number of hydrogen-bond donors (Lipinski definition) is 2. The van der Waals surface area contributed by atoms with Crippen molar-refractivity contribution in [1.82, 2.24) is 10.6 Å². The number of amides is 1. The zero-order valence-corrected chi connectivity index (χ0v) is 16.8. The van der Waals surface area contributed by atoms with E-state index in [1.807, 2.05) is 0 Å². The van der Waals surface area contributed by atoms with E-state index in [4.69, 9.17) is 0 Å². The lowest BCUT2D eigenvalue weighted by atomic mass is 9.38. The predicted octanol–water partition coefficient (Wildman–Crippen LogP) is 4.12. The van der Waals surface area contributed by atoms with Crippen molar-refractivity contribution in [2.75, 3.05) is 19.8 Å².